The fourth-order valence-corrected chi connectivity index (χ4v) is 2.81. The second-order valence-electron chi connectivity index (χ2n) is 4.98. The zero-order valence-electron chi connectivity index (χ0n) is 11.5. The Kier molecular flexibility index (Phi) is 3.53. The number of pyridine rings is 1. The SMILES string of the molecule is CCC1COCCN1c1c(C#N)cnc2ccccc12. The second-order valence-corrected chi connectivity index (χ2v) is 4.98. The van der Waals surface area contributed by atoms with Gasteiger partial charge in [-0.2, -0.15) is 5.26 Å². The number of hydrogen-bond acceptors (Lipinski definition) is 4. The van der Waals surface area contributed by atoms with Gasteiger partial charge < -0.3 is 9.64 Å². The Morgan fingerprint density at radius 3 is 3.10 bits per heavy atom. The Labute approximate surface area is 118 Å². The van der Waals surface area contributed by atoms with E-state index in [1.54, 1.807) is 6.20 Å². The number of nitrogens with zero attached hydrogens (tertiary/aromatic N) is 3. The van der Waals surface area contributed by atoms with Gasteiger partial charge in [0.25, 0.3) is 0 Å². The van der Waals surface area contributed by atoms with E-state index in [-0.39, 0.29) is 0 Å². The number of aromatic nitrogens is 1. The summed E-state index contributed by atoms with van der Waals surface area (Å²) < 4.78 is 5.57. The lowest BCUT2D eigenvalue weighted by molar-refractivity contribution is 0.0931. The molecule has 1 saturated heterocycles. The molecule has 1 aliphatic heterocycles. The first-order chi connectivity index (χ1) is 9.85. The van der Waals surface area contributed by atoms with Crippen LogP contribution in [-0.4, -0.2) is 30.8 Å². The summed E-state index contributed by atoms with van der Waals surface area (Å²) in [6.45, 7) is 4.40. The predicted octanol–water partition coefficient (Wildman–Crippen LogP) is 2.72. The van der Waals surface area contributed by atoms with Crippen molar-refractivity contribution >= 4 is 16.6 Å². The van der Waals surface area contributed by atoms with E-state index in [9.17, 15) is 5.26 Å². The summed E-state index contributed by atoms with van der Waals surface area (Å²) in [4.78, 5) is 6.69. The van der Waals surface area contributed by atoms with Gasteiger partial charge in [-0.3, -0.25) is 4.98 Å². The fourth-order valence-electron chi connectivity index (χ4n) is 2.81. The molecule has 0 N–H and O–H groups in total. The molecule has 1 fully saturated rings. The van der Waals surface area contributed by atoms with Gasteiger partial charge in [-0.15, -0.1) is 0 Å². The molecular formula is C16H17N3O. The van der Waals surface area contributed by atoms with Crippen LogP contribution in [0, 0.1) is 11.3 Å². The zero-order chi connectivity index (χ0) is 13.9. The smallest absolute Gasteiger partial charge is 0.103 e. The molecule has 4 heteroatoms. The average Bonchev–Trinajstić information content (AvgIpc) is 2.53. The molecule has 1 aromatic heterocycles. The third-order valence-corrected chi connectivity index (χ3v) is 3.85. The van der Waals surface area contributed by atoms with Crippen LogP contribution in [0.5, 0.6) is 0 Å². The third-order valence-electron chi connectivity index (χ3n) is 3.85. The van der Waals surface area contributed by atoms with Crippen molar-refractivity contribution in [1.82, 2.24) is 4.98 Å². The lowest BCUT2D eigenvalue weighted by Gasteiger charge is -2.37. The second kappa shape index (κ2) is 5.48. The van der Waals surface area contributed by atoms with E-state index in [2.05, 4.69) is 22.9 Å². The molecule has 0 spiro atoms. The molecular weight excluding hydrogens is 250 g/mol. The van der Waals surface area contributed by atoms with Crippen LogP contribution in [0.2, 0.25) is 0 Å². The van der Waals surface area contributed by atoms with Gasteiger partial charge in [-0.05, 0) is 12.5 Å². The van der Waals surface area contributed by atoms with E-state index >= 15 is 0 Å². The number of fused-ring (bicyclic) bond motifs is 1. The van der Waals surface area contributed by atoms with Crippen LogP contribution in [0.1, 0.15) is 18.9 Å². The Hall–Kier alpha value is -2.12. The molecule has 0 saturated carbocycles. The van der Waals surface area contributed by atoms with Crippen LogP contribution in [0.3, 0.4) is 0 Å². The summed E-state index contributed by atoms with van der Waals surface area (Å²) in [6.07, 6.45) is 2.68. The highest BCUT2D eigenvalue weighted by molar-refractivity contribution is 5.94. The normalized spacial score (nSPS) is 19.0. The molecule has 0 amide bonds. The van der Waals surface area contributed by atoms with E-state index in [0.29, 0.717) is 18.2 Å². The summed E-state index contributed by atoms with van der Waals surface area (Å²) in [6, 6.07) is 10.6. The van der Waals surface area contributed by atoms with E-state index < -0.39 is 0 Å². The molecule has 1 atom stereocenters. The summed E-state index contributed by atoms with van der Waals surface area (Å²) in [5, 5.41) is 10.5. The Morgan fingerprint density at radius 1 is 1.45 bits per heavy atom. The first-order valence-electron chi connectivity index (χ1n) is 6.97. The standard InChI is InChI=1S/C16H17N3O/c1-2-13-11-20-8-7-19(13)16-12(9-17)10-18-15-6-4-3-5-14(15)16/h3-6,10,13H,2,7-8,11H2,1H3. The third kappa shape index (κ3) is 2.10. The van der Waals surface area contributed by atoms with Gasteiger partial charge in [-0.1, -0.05) is 25.1 Å². The largest absolute Gasteiger partial charge is 0.377 e. The summed E-state index contributed by atoms with van der Waals surface area (Å²) >= 11 is 0. The maximum atomic E-state index is 9.42. The number of para-hydroxylation sites is 1. The molecule has 0 radical (unpaired) electrons. The maximum Gasteiger partial charge on any atom is 0.103 e. The predicted molar refractivity (Wildman–Crippen MR) is 78.7 cm³/mol. The number of rotatable bonds is 2. The molecule has 1 unspecified atom stereocenters. The van der Waals surface area contributed by atoms with Crippen LogP contribution in [0.4, 0.5) is 5.69 Å². The van der Waals surface area contributed by atoms with Gasteiger partial charge in [0.1, 0.15) is 6.07 Å². The summed E-state index contributed by atoms with van der Waals surface area (Å²) in [7, 11) is 0. The quantitative estimate of drug-likeness (QED) is 0.839. The molecule has 1 aromatic carbocycles. The average molecular weight is 267 g/mol. The Bertz CT molecular complexity index is 662. The number of anilines is 1. The minimum Gasteiger partial charge on any atom is -0.377 e. The topological polar surface area (TPSA) is 49.1 Å². The van der Waals surface area contributed by atoms with Crippen LogP contribution < -0.4 is 4.90 Å². The molecule has 3 rings (SSSR count). The summed E-state index contributed by atoms with van der Waals surface area (Å²) in [5.41, 5.74) is 2.58. The number of nitriles is 1. The highest BCUT2D eigenvalue weighted by Crippen LogP contribution is 2.32. The first-order valence-corrected chi connectivity index (χ1v) is 6.97. The van der Waals surface area contributed by atoms with Gasteiger partial charge in [0.15, 0.2) is 0 Å². The van der Waals surface area contributed by atoms with Crippen molar-refractivity contribution in [2.24, 2.45) is 0 Å². The molecule has 4 nitrogen and oxygen atoms in total. The van der Waals surface area contributed by atoms with Gasteiger partial charge >= 0.3 is 0 Å². The minimum absolute atomic E-state index is 0.321. The molecule has 0 bridgehead atoms. The van der Waals surface area contributed by atoms with E-state index in [4.69, 9.17) is 4.74 Å². The van der Waals surface area contributed by atoms with Gasteiger partial charge in [0.2, 0.25) is 0 Å². The van der Waals surface area contributed by atoms with Crippen molar-refractivity contribution in [3.63, 3.8) is 0 Å². The highest BCUT2D eigenvalue weighted by atomic mass is 16.5. The lowest BCUT2D eigenvalue weighted by atomic mass is 10.0. The molecule has 102 valence electrons. The lowest BCUT2D eigenvalue weighted by Crippen LogP contribution is -2.45. The number of ether oxygens (including phenoxy) is 1. The number of morpholine rings is 1. The van der Waals surface area contributed by atoms with E-state index in [0.717, 1.165) is 36.2 Å². The van der Waals surface area contributed by atoms with Gasteiger partial charge in [0, 0.05) is 18.1 Å². The van der Waals surface area contributed by atoms with Crippen LogP contribution in [0.25, 0.3) is 10.9 Å². The fraction of sp³-hybridized carbons (Fsp3) is 0.375. The first kappa shape index (κ1) is 12.9. The van der Waals surface area contributed by atoms with Crippen molar-refractivity contribution in [3.8, 4) is 6.07 Å². The Morgan fingerprint density at radius 2 is 2.30 bits per heavy atom. The maximum absolute atomic E-state index is 9.42. The van der Waals surface area contributed by atoms with Crippen LogP contribution in [0.15, 0.2) is 30.5 Å². The molecule has 2 aromatic rings. The zero-order valence-corrected chi connectivity index (χ0v) is 11.5. The minimum atomic E-state index is 0.321. The van der Waals surface area contributed by atoms with Crippen molar-refractivity contribution in [2.75, 3.05) is 24.7 Å². The number of benzene rings is 1. The molecule has 1 aliphatic rings. The van der Waals surface area contributed by atoms with Crippen molar-refractivity contribution in [3.05, 3.63) is 36.0 Å². The molecule has 2 heterocycles. The van der Waals surface area contributed by atoms with Gasteiger partial charge in [0.05, 0.1) is 36.0 Å². The van der Waals surface area contributed by atoms with E-state index in [1.165, 1.54) is 0 Å². The van der Waals surface area contributed by atoms with E-state index in [1.807, 2.05) is 24.3 Å². The number of hydrogen-bond donors (Lipinski definition) is 0. The monoisotopic (exact) mass is 267 g/mol. The summed E-state index contributed by atoms with van der Waals surface area (Å²) in [5.74, 6) is 0. The van der Waals surface area contributed by atoms with Crippen molar-refractivity contribution in [2.45, 2.75) is 19.4 Å². The highest BCUT2D eigenvalue weighted by Gasteiger charge is 2.25. The molecule has 20 heavy (non-hydrogen) atoms. The van der Waals surface area contributed by atoms with Crippen molar-refractivity contribution in [1.29, 1.82) is 5.26 Å². The van der Waals surface area contributed by atoms with Crippen molar-refractivity contribution < 1.29 is 4.74 Å². The van der Waals surface area contributed by atoms with Crippen LogP contribution >= 0.6 is 0 Å². The van der Waals surface area contributed by atoms with Crippen LogP contribution in [-0.2, 0) is 4.74 Å². The molecule has 0 aliphatic carbocycles. The van der Waals surface area contributed by atoms with Gasteiger partial charge in [-0.25, -0.2) is 0 Å². The Balaban J connectivity index is 2.20.